The zero-order valence-electron chi connectivity index (χ0n) is 10.5. The number of carbonyl (C=O) groups excluding carboxylic acids is 1. The summed E-state index contributed by atoms with van der Waals surface area (Å²) < 4.78 is 5.10. The SMILES string of the molecule is CCCC(C)CC(=O)N1CCOCC1C(=O)O. The van der Waals surface area contributed by atoms with E-state index >= 15 is 0 Å². The Labute approximate surface area is 102 Å². The van der Waals surface area contributed by atoms with Crippen LogP contribution in [0.1, 0.15) is 33.1 Å². The maximum absolute atomic E-state index is 12.0. The number of aliphatic carboxylic acids is 1. The van der Waals surface area contributed by atoms with Crippen LogP contribution in [0.3, 0.4) is 0 Å². The van der Waals surface area contributed by atoms with Crippen LogP contribution in [0.4, 0.5) is 0 Å². The molecule has 0 radical (unpaired) electrons. The van der Waals surface area contributed by atoms with Crippen molar-refractivity contribution in [2.45, 2.75) is 39.2 Å². The highest BCUT2D eigenvalue weighted by Crippen LogP contribution is 2.15. The van der Waals surface area contributed by atoms with Crippen LogP contribution in [0.15, 0.2) is 0 Å². The predicted molar refractivity (Wildman–Crippen MR) is 62.6 cm³/mol. The summed E-state index contributed by atoms with van der Waals surface area (Å²) in [6.45, 7) is 5.02. The van der Waals surface area contributed by atoms with E-state index in [2.05, 4.69) is 6.92 Å². The Hall–Kier alpha value is -1.10. The maximum atomic E-state index is 12.0. The van der Waals surface area contributed by atoms with E-state index in [9.17, 15) is 9.59 Å². The highest BCUT2D eigenvalue weighted by Gasteiger charge is 2.32. The zero-order valence-corrected chi connectivity index (χ0v) is 10.5. The van der Waals surface area contributed by atoms with Crippen LogP contribution in [0.25, 0.3) is 0 Å². The lowest BCUT2D eigenvalue weighted by molar-refractivity contribution is -0.158. The van der Waals surface area contributed by atoms with E-state index in [1.807, 2.05) is 6.92 Å². The van der Waals surface area contributed by atoms with Crippen molar-refractivity contribution in [2.75, 3.05) is 19.8 Å². The van der Waals surface area contributed by atoms with Crippen molar-refractivity contribution in [3.8, 4) is 0 Å². The Bertz CT molecular complexity index is 280. The van der Waals surface area contributed by atoms with Crippen LogP contribution in [-0.2, 0) is 14.3 Å². The second-order valence-electron chi connectivity index (χ2n) is 4.61. The van der Waals surface area contributed by atoms with Gasteiger partial charge in [-0.25, -0.2) is 4.79 Å². The quantitative estimate of drug-likeness (QED) is 0.786. The molecule has 0 aromatic rings. The number of rotatable bonds is 5. The second kappa shape index (κ2) is 6.59. The van der Waals surface area contributed by atoms with Gasteiger partial charge in [0.15, 0.2) is 6.04 Å². The molecule has 1 fully saturated rings. The average Bonchev–Trinajstić information content (AvgIpc) is 2.29. The number of ether oxygens (including phenoxy) is 1. The molecule has 98 valence electrons. The molecule has 5 heteroatoms. The van der Waals surface area contributed by atoms with Gasteiger partial charge in [-0.3, -0.25) is 4.79 Å². The van der Waals surface area contributed by atoms with E-state index < -0.39 is 12.0 Å². The normalized spacial score (nSPS) is 22.2. The Morgan fingerprint density at radius 2 is 2.24 bits per heavy atom. The minimum Gasteiger partial charge on any atom is -0.480 e. The molecule has 2 unspecified atom stereocenters. The molecular weight excluding hydrogens is 222 g/mol. The van der Waals surface area contributed by atoms with Gasteiger partial charge in [-0.2, -0.15) is 0 Å². The number of carboxylic acid groups (broad SMARTS) is 1. The van der Waals surface area contributed by atoms with Crippen molar-refractivity contribution < 1.29 is 19.4 Å². The first-order valence-corrected chi connectivity index (χ1v) is 6.16. The fraction of sp³-hybridized carbons (Fsp3) is 0.833. The summed E-state index contributed by atoms with van der Waals surface area (Å²) >= 11 is 0. The molecule has 1 aliphatic rings. The fourth-order valence-electron chi connectivity index (χ4n) is 2.12. The predicted octanol–water partition coefficient (Wildman–Crippen LogP) is 1.12. The van der Waals surface area contributed by atoms with Crippen molar-refractivity contribution in [3.63, 3.8) is 0 Å². The van der Waals surface area contributed by atoms with Crippen molar-refractivity contribution in [1.82, 2.24) is 4.90 Å². The first-order valence-electron chi connectivity index (χ1n) is 6.16. The monoisotopic (exact) mass is 243 g/mol. The minimum absolute atomic E-state index is 0.0679. The number of carboxylic acids is 1. The van der Waals surface area contributed by atoms with Gasteiger partial charge in [0.05, 0.1) is 13.2 Å². The summed E-state index contributed by atoms with van der Waals surface area (Å²) in [5.41, 5.74) is 0. The molecule has 17 heavy (non-hydrogen) atoms. The van der Waals surface area contributed by atoms with Crippen LogP contribution in [0.2, 0.25) is 0 Å². The Morgan fingerprint density at radius 1 is 1.53 bits per heavy atom. The van der Waals surface area contributed by atoms with Crippen molar-refractivity contribution in [3.05, 3.63) is 0 Å². The number of amides is 1. The van der Waals surface area contributed by atoms with Gasteiger partial charge in [-0.15, -0.1) is 0 Å². The van der Waals surface area contributed by atoms with Crippen LogP contribution in [0.5, 0.6) is 0 Å². The molecule has 1 rings (SSSR count). The van der Waals surface area contributed by atoms with E-state index in [-0.39, 0.29) is 12.5 Å². The van der Waals surface area contributed by atoms with Crippen LogP contribution >= 0.6 is 0 Å². The zero-order chi connectivity index (χ0) is 12.8. The van der Waals surface area contributed by atoms with Crippen molar-refractivity contribution in [1.29, 1.82) is 0 Å². The molecule has 2 atom stereocenters. The van der Waals surface area contributed by atoms with E-state index in [0.29, 0.717) is 25.5 Å². The second-order valence-corrected chi connectivity index (χ2v) is 4.61. The number of hydrogen-bond acceptors (Lipinski definition) is 3. The summed E-state index contributed by atoms with van der Waals surface area (Å²) in [6.07, 6.45) is 2.46. The van der Waals surface area contributed by atoms with E-state index in [0.717, 1.165) is 12.8 Å². The Kier molecular flexibility index (Phi) is 5.41. The van der Waals surface area contributed by atoms with Crippen LogP contribution < -0.4 is 0 Å². The molecule has 1 heterocycles. The number of hydrogen-bond donors (Lipinski definition) is 1. The van der Waals surface area contributed by atoms with Gasteiger partial charge in [-0.05, 0) is 5.92 Å². The maximum Gasteiger partial charge on any atom is 0.328 e. The van der Waals surface area contributed by atoms with E-state index in [4.69, 9.17) is 9.84 Å². The molecule has 1 N–H and O–H groups in total. The third-order valence-corrected chi connectivity index (χ3v) is 3.04. The molecule has 1 aliphatic heterocycles. The molecule has 1 amide bonds. The molecular formula is C12H21NO4. The summed E-state index contributed by atoms with van der Waals surface area (Å²) in [4.78, 5) is 24.5. The first-order chi connectivity index (χ1) is 8.06. The van der Waals surface area contributed by atoms with E-state index in [1.54, 1.807) is 0 Å². The Balaban J connectivity index is 2.56. The highest BCUT2D eigenvalue weighted by atomic mass is 16.5. The standard InChI is InChI=1S/C12H21NO4/c1-3-4-9(2)7-11(14)13-5-6-17-8-10(13)12(15)16/h9-10H,3-8H2,1-2H3,(H,15,16). The molecule has 5 nitrogen and oxygen atoms in total. The van der Waals surface area contributed by atoms with Gasteiger partial charge >= 0.3 is 5.97 Å². The molecule has 1 saturated heterocycles. The average molecular weight is 243 g/mol. The smallest absolute Gasteiger partial charge is 0.328 e. The summed E-state index contributed by atoms with van der Waals surface area (Å²) in [5, 5.41) is 9.02. The summed E-state index contributed by atoms with van der Waals surface area (Å²) in [5.74, 6) is -0.743. The van der Waals surface area contributed by atoms with Gasteiger partial charge in [-0.1, -0.05) is 26.7 Å². The molecule has 0 aliphatic carbocycles. The lowest BCUT2D eigenvalue weighted by Crippen LogP contribution is -2.52. The highest BCUT2D eigenvalue weighted by molar-refractivity contribution is 5.84. The van der Waals surface area contributed by atoms with Gasteiger partial charge in [0, 0.05) is 13.0 Å². The van der Waals surface area contributed by atoms with Gasteiger partial charge < -0.3 is 14.7 Å². The molecule has 0 aromatic carbocycles. The minimum atomic E-state index is -0.985. The molecule has 0 bridgehead atoms. The topological polar surface area (TPSA) is 66.8 Å². The first kappa shape index (κ1) is 14.0. The lowest BCUT2D eigenvalue weighted by Gasteiger charge is -2.33. The third-order valence-electron chi connectivity index (χ3n) is 3.04. The largest absolute Gasteiger partial charge is 0.480 e. The summed E-state index contributed by atoms with van der Waals surface area (Å²) in [6, 6.07) is -0.815. The molecule has 0 aromatic heterocycles. The third kappa shape index (κ3) is 4.00. The van der Waals surface area contributed by atoms with Crippen molar-refractivity contribution >= 4 is 11.9 Å². The van der Waals surface area contributed by atoms with E-state index in [1.165, 1.54) is 4.90 Å². The van der Waals surface area contributed by atoms with Crippen LogP contribution in [0, 0.1) is 5.92 Å². The van der Waals surface area contributed by atoms with Gasteiger partial charge in [0.1, 0.15) is 0 Å². The fourth-order valence-corrected chi connectivity index (χ4v) is 2.12. The molecule has 0 spiro atoms. The van der Waals surface area contributed by atoms with Gasteiger partial charge in [0.25, 0.3) is 0 Å². The molecule has 0 saturated carbocycles. The van der Waals surface area contributed by atoms with Crippen LogP contribution in [-0.4, -0.2) is 47.7 Å². The summed E-state index contributed by atoms with van der Waals surface area (Å²) in [7, 11) is 0. The van der Waals surface area contributed by atoms with Crippen molar-refractivity contribution in [2.24, 2.45) is 5.92 Å². The lowest BCUT2D eigenvalue weighted by atomic mass is 10.0. The van der Waals surface area contributed by atoms with Gasteiger partial charge in [0.2, 0.25) is 5.91 Å². The number of carbonyl (C=O) groups is 2. The Morgan fingerprint density at radius 3 is 2.82 bits per heavy atom. The number of nitrogens with zero attached hydrogens (tertiary/aromatic N) is 1. The number of morpholine rings is 1.